The van der Waals surface area contributed by atoms with Crippen molar-refractivity contribution >= 4 is 23.2 Å². The fraction of sp³-hybridized carbons (Fsp3) is 0.364. The molecule has 29 heavy (non-hydrogen) atoms. The largest absolute Gasteiger partial charge is 0.491 e. The average molecular weight is 399 g/mol. The summed E-state index contributed by atoms with van der Waals surface area (Å²) in [4.78, 5) is 28.9. The van der Waals surface area contributed by atoms with Crippen LogP contribution in [-0.2, 0) is 9.59 Å². The summed E-state index contributed by atoms with van der Waals surface area (Å²) in [7, 11) is 0. The van der Waals surface area contributed by atoms with Crippen LogP contribution in [0.15, 0.2) is 48.5 Å². The maximum absolute atomic E-state index is 13.2. The average Bonchev–Trinajstić information content (AvgIpc) is 2.92. The van der Waals surface area contributed by atoms with Gasteiger partial charge in [0.1, 0.15) is 17.6 Å². The summed E-state index contributed by atoms with van der Waals surface area (Å²) in [5, 5.41) is 2.79. The lowest BCUT2D eigenvalue weighted by molar-refractivity contribution is -0.126. The number of para-hydroxylation sites is 2. The first kappa shape index (κ1) is 20.6. The molecule has 154 valence electrons. The van der Waals surface area contributed by atoms with Gasteiger partial charge in [0.25, 0.3) is 0 Å². The first-order chi connectivity index (χ1) is 14.0. The molecule has 2 aromatic rings. The number of halogens is 1. The molecule has 0 aromatic heterocycles. The number of benzene rings is 2. The standard InChI is InChI=1S/C22H26FN3O3/c1-3-26(18-11-9-17(23)10-12-18)22(28)16(2)24-21(27)15-25-13-6-14-29-20-8-5-4-7-19(20)25/h4-5,7-12,16H,3,6,13-15H2,1-2H3,(H,24,27)/t16-/m0/s1. The summed E-state index contributed by atoms with van der Waals surface area (Å²) in [5.74, 6) is -0.0829. The molecule has 0 fully saturated rings. The van der Waals surface area contributed by atoms with Crippen LogP contribution >= 0.6 is 0 Å². The molecule has 7 heteroatoms. The van der Waals surface area contributed by atoms with E-state index in [-0.39, 0.29) is 24.2 Å². The van der Waals surface area contributed by atoms with Crippen LogP contribution in [0.25, 0.3) is 0 Å². The number of rotatable bonds is 6. The van der Waals surface area contributed by atoms with Gasteiger partial charge in [-0.2, -0.15) is 0 Å². The quantitative estimate of drug-likeness (QED) is 0.811. The van der Waals surface area contributed by atoms with Gasteiger partial charge in [-0.05, 0) is 56.7 Å². The Hall–Kier alpha value is -3.09. The molecule has 0 saturated heterocycles. The fourth-order valence-electron chi connectivity index (χ4n) is 3.41. The minimum absolute atomic E-state index is 0.140. The molecule has 0 spiro atoms. The molecule has 0 saturated carbocycles. The zero-order valence-electron chi connectivity index (χ0n) is 16.7. The maximum Gasteiger partial charge on any atom is 0.249 e. The third-order valence-electron chi connectivity index (χ3n) is 4.84. The molecular weight excluding hydrogens is 373 g/mol. The van der Waals surface area contributed by atoms with Gasteiger partial charge < -0.3 is 19.9 Å². The second-order valence-corrected chi connectivity index (χ2v) is 6.94. The van der Waals surface area contributed by atoms with Gasteiger partial charge >= 0.3 is 0 Å². The van der Waals surface area contributed by atoms with E-state index < -0.39 is 6.04 Å². The predicted octanol–water partition coefficient (Wildman–Crippen LogP) is 2.97. The normalized spacial score (nSPS) is 14.2. The SMILES string of the molecule is CCN(C(=O)[C@H](C)NC(=O)CN1CCCOc2ccccc21)c1ccc(F)cc1. The number of hydrogen-bond donors (Lipinski definition) is 1. The zero-order valence-corrected chi connectivity index (χ0v) is 16.7. The molecular formula is C22H26FN3O3. The van der Waals surface area contributed by atoms with Crippen molar-refractivity contribution in [1.82, 2.24) is 5.32 Å². The topological polar surface area (TPSA) is 61.9 Å². The van der Waals surface area contributed by atoms with E-state index >= 15 is 0 Å². The van der Waals surface area contributed by atoms with Crippen LogP contribution < -0.4 is 19.9 Å². The molecule has 2 amide bonds. The van der Waals surface area contributed by atoms with Gasteiger partial charge in [0.05, 0.1) is 18.8 Å². The van der Waals surface area contributed by atoms with Crippen molar-refractivity contribution in [2.24, 2.45) is 0 Å². The number of hydrogen-bond acceptors (Lipinski definition) is 4. The maximum atomic E-state index is 13.2. The molecule has 3 rings (SSSR count). The highest BCUT2D eigenvalue weighted by atomic mass is 19.1. The summed E-state index contributed by atoms with van der Waals surface area (Å²) >= 11 is 0. The number of nitrogens with one attached hydrogen (secondary N) is 1. The van der Waals surface area contributed by atoms with Crippen molar-refractivity contribution in [3.05, 3.63) is 54.3 Å². The van der Waals surface area contributed by atoms with Crippen molar-refractivity contribution in [2.75, 3.05) is 36.0 Å². The van der Waals surface area contributed by atoms with Gasteiger partial charge in [-0.25, -0.2) is 4.39 Å². The van der Waals surface area contributed by atoms with Crippen molar-refractivity contribution in [3.8, 4) is 5.75 Å². The third kappa shape index (κ3) is 5.04. The second kappa shape index (κ2) is 9.41. The Morgan fingerprint density at radius 3 is 2.66 bits per heavy atom. The van der Waals surface area contributed by atoms with Gasteiger partial charge in [0.15, 0.2) is 0 Å². The second-order valence-electron chi connectivity index (χ2n) is 6.94. The van der Waals surface area contributed by atoms with Crippen LogP contribution in [0.1, 0.15) is 20.3 Å². The Labute approximate surface area is 170 Å². The van der Waals surface area contributed by atoms with Crippen molar-refractivity contribution < 1.29 is 18.7 Å². The highest BCUT2D eigenvalue weighted by Gasteiger charge is 2.24. The summed E-state index contributed by atoms with van der Waals surface area (Å²) in [5.41, 5.74) is 1.47. The first-order valence-corrected chi connectivity index (χ1v) is 9.82. The number of likely N-dealkylation sites (N-methyl/N-ethyl adjacent to an activating group) is 1. The van der Waals surface area contributed by atoms with E-state index in [2.05, 4.69) is 5.32 Å². The molecule has 1 heterocycles. The summed E-state index contributed by atoms with van der Waals surface area (Å²) in [6.07, 6.45) is 0.810. The highest BCUT2D eigenvalue weighted by molar-refractivity contribution is 5.99. The number of carbonyl (C=O) groups is 2. The van der Waals surface area contributed by atoms with E-state index in [0.29, 0.717) is 25.4 Å². The van der Waals surface area contributed by atoms with Gasteiger partial charge in [0, 0.05) is 18.8 Å². The number of carbonyl (C=O) groups excluding carboxylic acids is 2. The summed E-state index contributed by atoms with van der Waals surface area (Å²) in [6.45, 7) is 5.36. The van der Waals surface area contributed by atoms with Gasteiger partial charge in [-0.3, -0.25) is 9.59 Å². The van der Waals surface area contributed by atoms with Gasteiger partial charge in [-0.1, -0.05) is 12.1 Å². The Balaban J connectivity index is 1.64. The minimum Gasteiger partial charge on any atom is -0.491 e. The molecule has 0 unspecified atom stereocenters. The number of amides is 2. The van der Waals surface area contributed by atoms with E-state index in [1.807, 2.05) is 36.1 Å². The molecule has 0 bridgehead atoms. The molecule has 6 nitrogen and oxygen atoms in total. The van der Waals surface area contributed by atoms with E-state index in [9.17, 15) is 14.0 Å². The minimum atomic E-state index is -0.703. The number of fused-ring (bicyclic) bond motifs is 1. The molecule has 1 aliphatic rings. The monoisotopic (exact) mass is 399 g/mol. The Morgan fingerprint density at radius 2 is 1.93 bits per heavy atom. The lowest BCUT2D eigenvalue weighted by Gasteiger charge is -2.27. The lowest BCUT2D eigenvalue weighted by atomic mass is 10.2. The smallest absolute Gasteiger partial charge is 0.249 e. The Kier molecular flexibility index (Phi) is 6.69. The summed E-state index contributed by atoms with van der Waals surface area (Å²) < 4.78 is 18.9. The molecule has 0 radical (unpaired) electrons. The van der Waals surface area contributed by atoms with Gasteiger partial charge in [0.2, 0.25) is 11.8 Å². The van der Waals surface area contributed by atoms with E-state index in [1.54, 1.807) is 19.1 Å². The number of nitrogens with zero attached hydrogens (tertiary/aromatic N) is 2. The molecule has 0 aliphatic carbocycles. The lowest BCUT2D eigenvalue weighted by Crippen LogP contribution is -2.49. The number of ether oxygens (including phenoxy) is 1. The molecule has 1 aliphatic heterocycles. The van der Waals surface area contributed by atoms with Crippen LogP contribution in [0.3, 0.4) is 0 Å². The zero-order chi connectivity index (χ0) is 20.8. The van der Waals surface area contributed by atoms with Crippen LogP contribution in [0.4, 0.5) is 15.8 Å². The van der Waals surface area contributed by atoms with Crippen LogP contribution in [0.2, 0.25) is 0 Å². The van der Waals surface area contributed by atoms with Gasteiger partial charge in [-0.15, -0.1) is 0 Å². The molecule has 1 atom stereocenters. The van der Waals surface area contributed by atoms with E-state index in [0.717, 1.165) is 17.9 Å². The Morgan fingerprint density at radius 1 is 1.21 bits per heavy atom. The van der Waals surface area contributed by atoms with Crippen LogP contribution in [0.5, 0.6) is 5.75 Å². The van der Waals surface area contributed by atoms with Crippen LogP contribution in [0, 0.1) is 5.82 Å². The van der Waals surface area contributed by atoms with E-state index in [1.165, 1.54) is 17.0 Å². The van der Waals surface area contributed by atoms with Crippen molar-refractivity contribution in [2.45, 2.75) is 26.3 Å². The molecule has 2 aromatic carbocycles. The van der Waals surface area contributed by atoms with Crippen molar-refractivity contribution in [1.29, 1.82) is 0 Å². The Bertz CT molecular complexity index is 857. The fourth-order valence-corrected chi connectivity index (χ4v) is 3.41. The summed E-state index contributed by atoms with van der Waals surface area (Å²) in [6, 6.07) is 12.7. The first-order valence-electron chi connectivity index (χ1n) is 9.82. The highest BCUT2D eigenvalue weighted by Crippen LogP contribution is 2.30. The third-order valence-corrected chi connectivity index (χ3v) is 4.84. The van der Waals surface area contributed by atoms with Crippen molar-refractivity contribution in [3.63, 3.8) is 0 Å². The van der Waals surface area contributed by atoms with Crippen LogP contribution in [-0.4, -0.2) is 44.1 Å². The van der Waals surface area contributed by atoms with E-state index in [4.69, 9.17) is 4.74 Å². The number of anilines is 2. The molecule has 1 N–H and O–H groups in total. The predicted molar refractivity (Wildman–Crippen MR) is 111 cm³/mol.